The molecule has 0 unspecified atom stereocenters. The van der Waals surface area contributed by atoms with Crippen LogP contribution in [-0.2, 0) is 21.2 Å². The van der Waals surface area contributed by atoms with Crippen LogP contribution in [0.4, 0.5) is 5.69 Å². The number of halogens is 1. The molecule has 24 heavy (non-hydrogen) atoms. The second kappa shape index (κ2) is 7.13. The minimum absolute atomic E-state index is 0.0343. The van der Waals surface area contributed by atoms with Crippen LogP contribution in [0.3, 0.4) is 0 Å². The van der Waals surface area contributed by atoms with Crippen LogP contribution in [0.25, 0.3) is 5.69 Å². The molecule has 1 N–H and O–H groups in total. The van der Waals surface area contributed by atoms with Crippen molar-refractivity contribution in [1.29, 1.82) is 0 Å². The molecule has 8 heteroatoms. The highest BCUT2D eigenvalue weighted by atomic mass is 35.5. The molecule has 6 nitrogen and oxygen atoms in total. The van der Waals surface area contributed by atoms with Crippen molar-refractivity contribution in [2.45, 2.75) is 32.3 Å². The van der Waals surface area contributed by atoms with E-state index in [1.165, 1.54) is 6.20 Å². The number of aromatic nitrogens is 2. The number of hydrogen-bond donors (Lipinski definition) is 1. The van der Waals surface area contributed by atoms with Crippen LogP contribution in [0.1, 0.15) is 25.5 Å². The normalized spacial score (nSPS) is 18.0. The van der Waals surface area contributed by atoms with Gasteiger partial charge in [0.15, 0.2) is 0 Å². The molecule has 1 fully saturated rings. The van der Waals surface area contributed by atoms with Crippen molar-refractivity contribution >= 4 is 27.3 Å². The van der Waals surface area contributed by atoms with Crippen molar-refractivity contribution in [2.24, 2.45) is 0 Å². The fourth-order valence-electron chi connectivity index (χ4n) is 2.86. The van der Waals surface area contributed by atoms with Gasteiger partial charge in [-0.05, 0) is 31.4 Å². The molecule has 1 aliphatic heterocycles. The van der Waals surface area contributed by atoms with E-state index in [9.17, 15) is 8.42 Å². The molecule has 1 aliphatic rings. The number of sulfonamides is 1. The Morgan fingerprint density at radius 1 is 1.42 bits per heavy atom. The van der Waals surface area contributed by atoms with E-state index in [1.807, 2.05) is 25.1 Å². The summed E-state index contributed by atoms with van der Waals surface area (Å²) in [7, 11) is -3.49. The lowest BCUT2D eigenvalue weighted by atomic mass is 10.2. The maximum Gasteiger partial charge on any atom is 0.235 e. The predicted octanol–water partition coefficient (Wildman–Crippen LogP) is 3.01. The van der Waals surface area contributed by atoms with Gasteiger partial charge < -0.3 is 4.74 Å². The van der Waals surface area contributed by atoms with Crippen molar-refractivity contribution < 1.29 is 13.2 Å². The number of ether oxygens (including phenoxy) is 1. The second-order valence-corrected chi connectivity index (χ2v) is 7.91. The van der Waals surface area contributed by atoms with Crippen molar-refractivity contribution in [3.63, 3.8) is 0 Å². The molecule has 130 valence electrons. The fraction of sp³-hybridized carbons (Fsp3) is 0.438. The van der Waals surface area contributed by atoms with E-state index in [4.69, 9.17) is 16.3 Å². The SMILES string of the molecule is CCc1c(NS(=O)(=O)C[C@H]2CCCO2)cnn1-c1ccccc1Cl. The predicted molar refractivity (Wildman–Crippen MR) is 94.3 cm³/mol. The minimum Gasteiger partial charge on any atom is -0.377 e. The van der Waals surface area contributed by atoms with Gasteiger partial charge >= 0.3 is 0 Å². The van der Waals surface area contributed by atoms with Gasteiger partial charge in [-0.3, -0.25) is 4.72 Å². The van der Waals surface area contributed by atoms with Crippen LogP contribution in [0.2, 0.25) is 5.02 Å². The van der Waals surface area contributed by atoms with Gasteiger partial charge in [0.1, 0.15) is 0 Å². The molecule has 0 bridgehead atoms. The van der Waals surface area contributed by atoms with Gasteiger partial charge in [0.05, 0.1) is 40.1 Å². The van der Waals surface area contributed by atoms with Crippen LogP contribution >= 0.6 is 11.6 Å². The first kappa shape index (κ1) is 17.3. The summed E-state index contributed by atoms with van der Waals surface area (Å²) in [6.07, 6.45) is 3.59. The van der Waals surface area contributed by atoms with E-state index in [2.05, 4.69) is 9.82 Å². The first-order valence-corrected chi connectivity index (χ1v) is 9.97. The van der Waals surface area contributed by atoms with Gasteiger partial charge in [0.25, 0.3) is 0 Å². The Labute approximate surface area is 146 Å². The first-order valence-electron chi connectivity index (χ1n) is 7.94. The van der Waals surface area contributed by atoms with Gasteiger partial charge in [-0.15, -0.1) is 0 Å². The second-order valence-electron chi connectivity index (χ2n) is 5.74. The van der Waals surface area contributed by atoms with Crippen LogP contribution < -0.4 is 4.72 Å². The molecule has 0 aliphatic carbocycles. The van der Waals surface area contributed by atoms with Crippen LogP contribution in [0.15, 0.2) is 30.5 Å². The number of benzene rings is 1. The van der Waals surface area contributed by atoms with Crippen molar-refractivity contribution in [3.8, 4) is 5.69 Å². The number of anilines is 1. The van der Waals surface area contributed by atoms with E-state index in [0.717, 1.165) is 24.2 Å². The molecule has 2 heterocycles. The van der Waals surface area contributed by atoms with Crippen LogP contribution in [0.5, 0.6) is 0 Å². The summed E-state index contributed by atoms with van der Waals surface area (Å²) in [4.78, 5) is 0. The van der Waals surface area contributed by atoms with Crippen LogP contribution in [-0.4, -0.2) is 36.7 Å². The standard InChI is InChI=1S/C16H20ClN3O3S/c1-2-15-14(19-24(21,22)11-12-6-5-9-23-12)10-18-20(15)16-8-4-3-7-13(16)17/h3-4,7-8,10,12,19H,2,5-6,9,11H2,1H3/t12-/m1/s1. The number of hydrogen-bond acceptors (Lipinski definition) is 4. The molecule has 0 amide bonds. The lowest BCUT2D eigenvalue weighted by molar-refractivity contribution is 0.127. The maximum absolute atomic E-state index is 12.4. The topological polar surface area (TPSA) is 73.2 Å². The smallest absolute Gasteiger partial charge is 0.235 e. The number of rotatable bonds is 6. The average molecular weight is 370 g/mol. The van der Waals surface area contributed by atoms with Crippen LogP contribution in [0, 0.1) is 0 Å². The van der Waals surface area contributed by atoms with Gasteiger partial charge in [-0.1, -0.05) is 30.7 Å². The zero-order valence-electron chi connectivity index (χ0n) is 13.4. The average Bonchev–Trinajstić information content (AvgIpc) is 3.16. The Morgan fingerprint density at radius 2 is 2.21 bits per heavy atom. The summed E-state index contributed by atoms with van der Waals surface area (Å²) in [5, 5.41) is 4.87. The summed E-state index contributed by atoms with van der Waals surface area (Å²) >= 11 is 6.23. The van der Waals surface area contributed by atoms with Crippen molar-refractivity contribution in [2.75, 3.05) is 17.1 Å². The number of nitrogens with zero attached hydrogens (tertiary/aromatic N) is 2. The molecule has 1 aromatic carbocycles. The third kappa shape index (κ3) is 3.74. The molecule has 0 spiro atoms. The summed E-state index contributed by atoms with van der Waals surface area (Å²) in [6, 6.07) is 7.33. The highest BCUT2D eigenvalue weighted by molar-refractivity contribution is 7.92. The van der Waals surface area contributed by atoms with Crippen molar-refractivity contribution in [3.05, 3.63) is 41.2 Å². The number of para-hydroxylation sites is 1. The van der Waals surface area contributed by atoms with Crippen molar-refractivity contribution in [1.82, 2.24) is 9.78 Å². The summed E-state index contributed by atoms with van der Waals surface area (Å²) in [6.45, 7) is 2.58. The zero-order valence-corrected chi connectivity index (χ0v) is 15.0. The monoisotopic (exact) mass is 369 g/mol. The van der Waals surface area contributed by atoms with E-state index < -0.39 is 10.0 Å². The van der Waals surface area contributed by atoms with E-state index in [1.54, 1.807) is 10.7 Å². The molecule has 1 atom stereocenters. The summed E-state index contributed by atoms with van der Waals surface area (Å²) in [5.74, 6) is -0.0343. The molecular weight excluding hydrogens is 350 g/mol. The van der Waals surface area contributed by atoms with E-state index >= 15 is 0 Å². The summed E-state index contributed by atoms with van der Waals surface area (Å²) < 4.78 is 34.5. The van der Waals surface area contributed by atoms with E-state index in [-0.39, 0.29) is 11.9 Å². The largest absolute Gasteiger partial charge is 0.377 e. The van der Waals surface area contributed by atoms with E-state index in [0.29, 0.717) is 23.7 Å². The van der Waals surface area contributed by atoms with Gasteiger partial charge in [0.2, 0.25) is 10.0 Å². The Kier molecular flexibility index (Phi) is 5.12. The molecule has 2 aromatic rings. The molecule has 3 rings (SSSR count). The fourth-order valence-corrected chi connectivity index (χ4v) is 4.42. The highest BCUT2D eigenvalue weighted by Gasteiger charge is 2.25. The molecule has 1 aromatic heterocycles. The molecule has 0 radical (unpaired) electrons. The Bertz CT molecular complexity index is 814. The Hall–Kier alpha value is -1.57. The third-order valence-electron chi connectivity index (χ3n) is 3.98. The summed E-state index contributed by atoms with van der Waals surface area (Å²) in [5.41, 5.74) is 1.97. The Morgan fingerprint density at radius 3 is 2.88 bits per heavy atom. The molecular formula is C16H20ClN3O3S. The zero-order chi connectivity index (χ0) is 17.2. The lowest BCUT2D eigenvalue weighted by Crippen LogP contribution is -2.26. The molecule has 0 saturated carbocycles. The lowest BCUT2D eigenvalue weighted by Gasteiger charge is -2.13. The third-order valence-corrected chi connectivity index (χ3v) is 5.64. The van der Waals surface area contributed by atoms with Gasteiger partial charge in [0, 0.05) is 6.61 Å². The maximum atomic E-state index is 12.4. The van der Waals surface area contributed by atoms with Gasteiger partial charge in [-0.2, -0.15) is 5.10 Å². The number of nitrogens with one attached hydrogen (secondary N) is 1. The Balaban J connectivity index is 1.85. The minimum atomic E-state index is -3.49. The first-order chi connectivity index (χ1) is 11.5. The highest BCUT2D eigenvalue weighted by Crippen LogP contribution is 2.26. The molecule has 1 saturated heterocycles. The van der Waals surface area contributed by atoms with Gasteiger partial charge in [-0.25, -0.2) is 13.1 Å². The quantitative estimate of drug-likeness (QED) is 0.849.